The SMILES string of the molecule is CCOCCCN[C@H]1CC[C@H]2[C@@H]3CCc4cc(OC)ccc4[C@H]3CC[C@]12C. The minimum atomic E-state index is 0.483. The first kappa shape index (κ1) is 19.3. The van der Waals surface area contributed by atoms with Gasteiger partial charge in [0.15, 0.2) is 0 Å². The smallest absolute Gasteiger partial charge is 0.119 e. The van der Waals surface area contributed by atoms with Crippen LogP contribution in [0.3, 0.4) is 0 Å². The Morgan fingerprint density at radius 3 is 2.89 bits per heavy atom. The van der Waals surface area contributed by atoms with E-state index in [2.05, 4.69) is 37.4 Å². The number of benzene rings is 1. The number of rotatable bonds is 7. The molecule has 0 heterocycles. The van der Waals surface area contributed by atoms with E-state index in [0.29, 0.717) is 11.5 Å². The lowest BCUT2D eigenvalue weighted by Crippen LogP contribution is -2.48. The molecule has 2 fully saturated rings. The van der Waals surface area contributed by atoms with Crippen molar-refractivity contribution in [1.29, 1.82) is 0 Å². The lowest BCUT2D eigenvalue weighted by Gasteiger charge is -2.51. The maximum Gasteiger partial charge on any atom is 0.119 e. The molecule has 0 aromatic heterocycles. The highest BCUT2D eigenvalue weighted by Gasteiger charge is 2.54. The molecule has 3 nitrogen and oxygen atoms in total. The molecule has 0 saturated heterocycles. The molecule has 27 heavy (non-hydrogen) atoms. The second kappa shape index (κ2) is 8.13. The van der Waals surface area contributed by atoms with E-state index >= 15 is 0 Å². The average Bonchev–Trinajstić information content (AvgIpc) is 3.03. The molecule has 1 aromatic carbocycles. The summed E-state index contributed by atoms with van der Waals surface area (Å²) in [6, 6.07) is 7.53. The Bertz CT molecular complexity index is 645. The Hall–Kier alpha value is -1.06. The molecule has 5 atom stereocenters. The number of aryl methyl sites for hydroxylation is 1. The van der Waals surface area contributed by atoms with Gasteiger partial charge in [-0.15, -0.1) is 0 Å². The minimum Gasteiger partial charge on any atom is -0.497 e. The van der Waals surface area contributed by atoms with Crippen molar-refractivity contribution in [3.05, 3.63) is 29.3 Å². The topological polar surface area (TPSA) is 30.5 Å². The predicted molar refractivity (Wildman–Crippen MR) is 111 cm³/mol. The van der Waals surface area contributed by atoms with Crippen LogP contribution >= 0.6 is 0 Å². The monoisotopic (exact) mass is 371 g/mol. The molecule has 3 aliphatic rings. The van der Waals surface area contributed by atoms with Crippen molar-refractivity contribution in [2.45, 2.75) is 70.8 Å². The van der Waals surface area contributed by atoms with Gasteiger partial charge in [0.2, 0.25) is 0 Å². The number of hydrogen-bond acceptors (Lipinski definition) is 3. The fourth-order valence-corrected chi connectivity index (χ4v) is 6.62. The molecule has 1 aromatic rings. The fourth-order valence-electron chi connectivity index (χ4n) is 6.62. The normalized spacial score (nSPS) is 34.6. The highest BCUT2D eigenvalue weighted by atomic mass is 16.5. The van der Waals surface area contributed by atoms with Crippen LogP contribution in [-0.2, 0) is 11.2 Å². The van der Waals surface area contributed by atoms with Crippen molar-refractivity contribution < 1.29 is 9.47 Å². The zero-order chi connectivity index (χ0) is 18.9. The second-order valence-corrected chi connectivity index (χ2v) is 9.16. The van der Waals surface area contributed by atoms with E-state index in [-0.39, 0.29) is 0 Å². The van der Waals surface area contributed by atoms with Gasteiger partial charge in [-0.1, -0.05) is 13.0 Å². The van der Waals surface area contributed by atoms with Crippen molar-refractivity contribution in [3.8, 4) is 5.75 Å². The lowest BCUT2D eigenvalue weighted by atomic mass is 9.55. The van der Waals surface area contributed by atoms with Crippen LogP contribution < -0.4 is 10.1 Å². The summed E-state index contributed by atoms with van der Waals surface area (Å²) in [4.78, 5) is 0. The maximum absolute atomic E-state index is 5.50. The van der Waals surface area contributed by atoms with Crippen LogP contribution in [0.4, 0.5) is 0 Å². The van der Waals surface area contributed by atoms with Gasteiger partial charge < -0.3 is 14.8 Å². The van der Waals surface area contributed by atoms with Crippen molar-refractivity contribution >= 4 is 0 Å². The third-order valence-electron chi connectivity index (χ3n) is 7.99. The van der Waals surface area contributed by atoms with E-state index in [4.69, 9.17) is 9.47 Å². The van der Waals surface area contributed by atoms with Crippen LogP contribution in [0.2, 0.25) is 0 Å². The molecular weight excluding hydrogens is 334 g/mol. The summed E-state index contributed by atoms with van der Waals surface area (Å²) in [6.07, 6.45) is 9.21. The number of ether oxygens (including phenoxy) is 2. The molecule has 3 heteroatoms. The Kier molecular flexibility index (Phi) is 5.80. The van der Waals surface area contributed by atoms with Crippen LogP contribution in [0, 0.1) is 17.3 Å². The number of nitrogens with one attached hydrogen (secondary N) is 1. The van der Waals surface area contributed by atoms with Gasteiger partial charge in [-0.2, -0.15) is 0 Å². The average molecular weight is 372 g/mol. The van der Waals surface area contributed by atoms with E-state index in [1.807, 2.05) is 0 Å². The maximum atomic E-state index is 5.50. The summed E-state index contributed by atoms with van der Waals surface area (Å²) in [5.74, 6) is 3.55. The highest BCUT2D eigenvalue weighted by Crippen LogP contribution is 2.60. The molecule has 2 saturated carbocycles. The van der Waals surface area contributed by atoms with Gasteiger partial charge in [-0.05, 0) is 105 Å². The first-order valence-corrected chi connectivity index (χ1v) is 11.1. The number of fused-ring (bicyclic) bond motifs is 5. The van der Waals surface area contributed by atoms with E-state index in [1.165, 1.54) is 38.5 Å². The Labute approximate surface area is 165 Å². The van der Waals surface area contributed by atoms with E-state index in [0.717, 1.165) is 49.7 Å². The van der Waals surface area contributed by atoms with Crippen molar-refractivity contribution in [2.24, 2.45) is 17.3 Å². The first-order valence-electron chi connectivity index (χ1n) is 11.1. The number of methoxy groups -OCH3 is 1. The third-order valence-corrected chi connectivity index (χ3v) is 7.99. The predicted octanol–water partition coefficient (Wildman–Crippen LogP) is 4.94. The van der Waals surface area contributed by atoms with Crippen LogP contribution in [0.25, 0.3) is 0 Å². The van der Waals surface area contributed by atoms with Gasteiger partial charge in [-0.3, -0.25) is 0 Å². The van der Waals surface area contributed by atoms with Crippen molar-refractivity contribution in [1.82, 2.24) is 5.32 Å². The summed E-state index contributed by atoms with van der Waals surface area (Å²) in [5.41, 5.74) is 3.65. The van der Waals surface area contributed by atoms with Gasteiger partial charge in [-0.25, -0.2) is 0 Å². The van der Waals surface area contributed by atoms with Gasteiger partial charge >= 0.3 is 0 Å². The minimum absolute atomic E-state index is 0.483. The Balaban J connectivity index is 1.44. The summed E-state index contributed by atoms with van der Waals surface area (Å²) in [5, 5.41) is 3.91. The summed E-state index contributed by atoms with van der Waals surface area (Å²) >= 11 is 0. The van der Waals surface area contributed by atoms with Crippen LogP contribution in [0.1, 0.15) is 69.4 Å². The molecule has 150 valence electrons. The van der Waals surface area contributed by atoms with Gasteiger partial charge in [0.05, 0.1) is 7.11 Å². The number of hydrogen-bond donors (Lipinski definition) is 1. The van der Waals surface area contributed by atoms with E-state index in [1.54, 1.807) is 18.2 Å². The molecule has 3 aliphatic carbocycles. The van der Waals surface area contributed by atoms with Crippen molar-refractivity contribution in [3.63, 3.8) is 0 Å². The Morgan fingerprint density at radius 2 is 2.07 bits per heavy atom. The molecule has 0 unspecified atom stereocenters. The summed E-state index contributed by atoms with van der Waals surface area (Å²) < 4.78 is 11.0. The zero-order valence-corrected chi connectivity index (χ0v) is 17.4. The molecule has 0 bridgehead atoms. The summed E-state index contributed by atoms with van der Waals surface area (Å²) in [6.45, 7) is 7.49. The van der Waals surface area contributed by atoms with Crippen LogP contribution in [0.5, 0.6) is 5.75 Å². The molecule has 0 spiro atoms. The lowest BCUT2D eigenvalue weighted by molar-refractivity contribution is 0.0405. The van der Waals surface area contributed by atoms with Crippen LogP contribution in [-0.4, -0.2) is 32.9 Å². The molecule has 0 amide bonds. The van der Waals surface area contributed by atoms with E-state index < -0.39 is 0 Å². The second-order valence-electron chi connectivity index (χ2n) is 9.16. The molecule has 1 N–H and O–H groups in total. The highest BCUT2D eigenvalue weighted by molar-refractivity contribution is 5.40. The fraction of sp³-hybridized carbons (Fsp3) is 0.750. The molecular formula is C24H37NO2. The van der Waals surface area contributed by atoms with Gasteiger partial charge in [0, 0.05) is 19.3 Å². The molecule has 0 aliphatic heterocycles. The third kappa shape index (κ3) is 3.53. The van der Waals surface area contributed by atoms with Crippen molar-refractivity contribution in [2.75, 3.05) is 26.9 Å². The van der Waals surface area contributed by atoms with Gasteiger partial charge in [0.1, 0.15) is 5.75 Å². The first-order chi connectivity index (χ1) is 13.2. The van der Waals surface area contributed by atoms with E-state index in [9.17, 15) is 0 Å². The quantitative estimate of drug-likeness (QED) is 0.689. The Morgan fingerprint density at radius 1 is 1.19 bits per heavy atom. The van der Waals surface area contributed by atoms with Crippen LogP contribution in [0.15, 0.2) is 18.2 Å². The standard InChI is InChI=1S/C24H37NO2/c1-4-27-15-5-14-25-23-11-10-22-21-8-6-17-16-18(26-3)7-9-19(17)20(21)12-13-24(22,23)2/h7,9,16,20-23,25H,4-6,8,10-15H2,1-3H3/t20-,21-,22+,23+,24+/m1/s1. The molecule has 4 rings (SSSR count). The largest absolute Gasteiger partial charge is 0.497 e. The summed E-state index contributed by atoms with van der Waals surface area (Å²) in [7, 11) is 1.78. The zero-order valence-electron chi connectivity index (χ0n) is 17.4. The van der Waals surface area contributed by atoms with Gasteiger partial charge in [0.25, 0.3) is 0 Å². The molecule has 0 radical (unpaired) electrons.